The minimum absolute atomic E-state index is 0.0181. The number of piperidine rings is 1. The number of nitrogens with two attached hydrogens (primary N) is 1. The second-order valence-electron chi connectivity index (χ2n) is 6.86. The van der Waals surface area contributed by atoms with E-state index in [4.69, 9.17) is 5.73 Å². The van der Waals surface area contributed by atoms with Gasteiger partial charge in [-0.2, -0.15) is 0 Å². The smallest absolute Gasteiger partial charge is 0.251 e. The molecular weight excluding hydrogens is 330 g/mol. The molecule has 1 aromatic heterocycles. The summed E-state index contributed by atoms with van der Waals surface area (Å²) in [5.74, 6) is 0.784. The lowest BCUT2D eigenvalue weighted by molar-refractivity contribution is 0.0915. The summed E-state index contributed by atoms with van der Waals surface area (Å²) in [4.78, 5) is 16.3. The molecule has 2 heterocycles. The molecule has 1 aromatic carbocycles. The number of likely N-dealkylation sites (tertiary alicyclic amines) is 1. The van der Waals surface area contributed by atoms with Crippen LogP contribution in [0.1, 0.15) is 46.6 Å². The molecule has 1 aliphatic rings. The number of benzene rings is 1. The van der Waals surface area contributed by atoms with Crippen molar-refractivity contribution in [1.82, 2.24) is 10.2 Å². The van der Waals surface area contributed by atoms with E-state index in [1.807, 2.05) is 24.3 Å². The van der Waals surface area contributed by atoms with Crippen LogP contribution in [-0.2, 0) is 6.54 Å². The number of carbonyl (C=O) groups excluding carboxylic acids is 1. The predicted octanol–water partition coefficient (Wildman–Crippen LogP) is 3.41. The molecule has 1 atom stereocenters. The van der Waals surface area contributed by atoms with Gasteiger partial charge >= 0.3 is 0 Å². The van der Waals surface area contributed by atoms with Gasteiger partial charge in [-0.1, -0.05) is 25.1 Å². The van der Waals surface area contributed by atoms with Crippen molar-refractivity contribution in [2.75, 3.05) is 19.6 Å². The Hall–Kier alpha value is -1.69. The molecule has 0 bridgehead atoms. The van der Waals surface area contributed by atoms with E-state index < -0.39 is 0 Å². The maximum Gasteiger partial charge on any atom is 0.251 e. The van der Waals surface area contributed by atoms with Gasteiger partial charge in [-0.05, 0) is 61.0 Å². The first-order chi connectivity index (χ1) is 12.2. The Bertz CT molecular complexity index is 661. The first kappa shape index (κ1) is 18.1. The Morgan fingerprint density at radius 3 is 2.60 bits per heavy atom. The van der Waals surface area contributed by atoms with Crippen LogP contribution in [0.3, 0.4) is 0 Å². The van der Waals surface area contributed by atoms with E-state index >= 15 is 0 Å². The van der Waals surface area contributed by atoms with Crippen molar-refractivity contribution >= 4 is 17.2 Å². The van der Waals surface area contributed by atoms with E-state index in [9.17, 15) is 4.79 Å². The normalized spacial score (nSPS) is 17.4. The molecule has 1 amide bonds. The van der Waals surface area contributed by atoms with Gasteiger partial charge in [-0.3, -0.25) is 9.69 Å². The molecule has 0 spiro atoms. The highest BCUT2D eigenvalue weighted by molar-refractivity contribution is 7.10. The van der Waals surface area contributed by atoms with E-state index in [1.165, 1.54) is 17.7 Å². The molecule has 3 rings (SSSR count). The molecule has 2 aromatic rings. The highest BCUT2D eigenvalue weighted by Gasteiger charge is 2.25. The summed E-state index contributed by atoms with van der Waals surface area (Å²) < 4.78 is 0. The van der Waals surface area contributed by atoms with Gasteiger partial charge in [0.2, 0.25) is 0 Å². The van der Waals surface area contributed by atoms with Crippen LogP contribution in [-0.4, -0.2) is 30.4 Å². The number of rotatable bonds is 6. The number of amides is 1. The number of hydrogen-bond donors (Lipinski definition) is 2. The van der Waals surface area contributed by atoms with Gasteiger partial charge in [-0.25, -0.2) is 0 Å². The molecule has 134 valence electrons. The Balaban J connectivity index is 1.64. The van der Waals surface area contributed by atoms with Crippen LogP contribution in [0.2, 0.25) is 0 Å². The summed E-state index contributed by atoms with van der Waals surface area (Å²) in [5.41, 5.74) is 7.34. The lowest BCUT2D eigenvalue weighted by atomic mass is 9.97. The second kappa shape index (κ2) is 8.61. The zero-order valence-corrected chi connectivity index (χ0v) is 15.6. The minimum Gasteiger partial charge on any atom is -0.350 e. The lowest BCUT2D eigenvalue weighted by Gasteiger charge is -2.36. The van der Waals surface area contributed by atoms with Crippen LogP contribution >= 0.6 is 11.3 Å². The van der Waals surface area contributed by atoms with Crippen LogP contribution in [0, 0.1) is 5.92 Å². The van der Waals surface area contributed by atoms with E-state index in [1.54, 1.807) is 11.3 Å². The summed E-state index contributed by atoms with van der Waals surface area (Å²) in [6.45, 7) is 5.67. The largest absolute Gasteiger partial charge is 0.350 e. The van der Waals surface area contributed by atoms with E-state index in [0.29, 0.717) is 18.7 Å². The highest BCUT2D eigenvalue weighted by atomic mass is 32.1. The zero-order valence-electron chi connectivity index (χ0n) is 14.8. The SMILES string of the molecule is CC1CCN(C(CNC(=O)c2ccc(CN)cc2)c2cccs2)CC1. The molecule has 0 radical (unpaired) electrons. The van der Waals surface area contributed by atoms with Gasteiger partial charge in [0.25, 0.3) is 5.91 Å². The third-order valence-electron chi connectivity index (χ3n) is 5.04. The number of hydrogen-bond acceptors (Lipinski definition) is 4. The fourth-order valence-corrected chi connectivity index (χ4v) is 4.18. The molecular formula is C20H27N3OS. The van der Waals surface area contributed by atoms with Crippen LogP contribution in [0.5, 0.6) is 0 Å². The molecule has 25 heavy (non-hydrogen) atoms. The number of thiophene rings is 1. The Kier molecular flexibility index (Phi) is 6.24. The van der Waals surface area contributed by atoms with Gasteiger partial charge in [-0.15, -0.1) is 11.3 Å². The fraction of sp³-hybridized carbons (Fsp3) is 0.450. The topological polar surface area (TPSA) is 58.4 Å². The summed E-state index contributed by atoms with van der Waals surface area (Å²) in [5, 5.41) is 5.24. The Morgan fingerprint density at radius 2 is 2.00 bits per heavy atom. The van der Waals surface area contributed by atoms with Gasteiger partial charge in [0.15, 0.2) is 0 Å². The van der Waals surface area contributed by atoms with Crippen LogP contribution < -0.4 is 11.1 Å². The average Bonchev–Trinajstić information content (AvgIpc) is 3.17. The summed E-state index contributed by atoms with van der Waals surface area (Å²) in [7, 11) is 0. The van der Waals surface area contributed by atoms with Crippen molar-refractivity contribution in [3.8, 4) is 0 Å². The van der Waals surface area contributed by atoms with Crippen molar-refractivity contribution < 1.29 is 4.79 Å². The zero-order chi connectivity index (χ0) is 17.6. The lowest BCUT2D eigenvalue weighted by Crippen LogP contribution is -2.41. The van der Waals surface area contributed by atoms with Crippen molar-refractivity contribution in [1.29, 1.82) is 0 Å². The van der Waals surface area contributed by atoms with Crippen molar-refractivity contribution in [3.05, 3.63) is 57.8 Å². The molecule has 4 nitrogen and oxygen atoms in total. The van der Waals surface area contributed by atoms with Gasteiger partial charge < -0.3 is 11.1 Å². The van der Waals surface area contributed by atoms with E-state index in [2.05, 4.69) is 34.7 Å². The molecule has 1 aliphatic heterocycles. The number of carbonyl (C=O) groups is 1. The Labute approximate surface area is 154 Å². The highest BCUT2D eigenvalue weighted by Crippen LogP contribution is 2.29. The maximum absolute atomic E-state index is 12.5. The quantitative estimate of drug-likeness (QED) is 0.833. The predicted molar refractivity (Wildman–Crippen MR) is 104 cm³/mol. The molecule has 1 fully saturated rings. The molecule has 1 saturated heterocycles. The Morgan fingerprint density at radius 1 is 1.28 bits per heavy atom. The standard InChI is InChI=1S/C20H27N3OS/c1-15-8-10-23(11-9-15)18(19-3-2-12-25-19)14-22-20(24)17-6-4-16(13-21)5-7-17/h2-7,12,15,18H,8-11,13-14,21H2,1H3,(H,22,24). The third kappa shape index (κ3) is 4.69. The van der Waals surface area contributed by atoms with Crippen LogP contribution in [0.4, 0.5) is 0 Å². The summed E-state index contributed by atoms with van der Waals surface area (Å²) in [6.07, 6.45) is 2.47. The second-order valence-corrected chi connectivity index (χ2v) is 7.84. The molecule has 0 aliphatic carbocycles. The first-order valence-electron chi connectivity index (χ1n) is 9.02. The third-order valence-corrected chi connectivity index (χ3v) is 6.01. The monoisotopic (exact) mass is 357 g/mol. The van der Waals surface area contributed by atoms with Gasteiger partial charge in [0.05, 0.1) is 6.04 Å². The number of nitrogens with zero attached hydrogens (tertiary/aromatic N) is 1. The average molecular weight is 358 g/mol. The molecule has 0 saturated carbocycles. The van der Waals surface area contributed by atoms with Crippen LogP contribution in [0.15, 0.2) is 41.8 Å². The summed E-state index contributed by atoms with van der Waals surface area (Å²) in [6, 6.07) is 12.1. The van der Waals surface area contributed by atoms with Crippen molar-refractivity contribution in [2.24, 2.45) is 11.7 Å². The van der Waals surface area contributed by atoms with Crippen molar-refractivity contribution in [3.63, 3.8) is 0 Å². The minimum atomic E-state index is -0.0181. The first-order valence-corrected chi connectivity index (χ1v) is 9.90. The fourth-order valence-electron chi connectivity index (χ4n) is 3.31. The van der Waals surface area contributed by atoms with Gasteiger partial charge in [0, 0.05) is 23.5 Å². The molecule has 3 N–H and O–H groups in total. The van der Waals surface area contributed by atoms with Gasteiger partial charge in [0.1, 0.15) is 0 Å². The van der Waals surface area contributed by atoms with E-state index in [-0.39, 0.29) is 11.9 Å². The van der Waals surface area contributed by atoms with E-state index in [0.717, 1.165) is 24.6 Å². The molecule has 1 unspecified atom stereocenters. The number of nitrogens with one attached hydrogen (secondary N) is 1. The molecule has 5 heteroatoms. The maximum atomic E-state index is 12.5. The summed E-state index contributed by atoms with van der Waals surface area (Å²) >= 11 is 1.77. The van der Waals surface area contributed by atoms with Crippen molar-refractivity contribution in [2.45, 2.75) is 32.4 Å². The van der Waals surface area contributed by atoms with Crippen LogP contribution in [0.25, 0.3) is 0 Å².